The van der Waals surface area contributed by atoms with Gasteiger partial charge in [0.1, 0.15) is 0 Å². The summed E-state index contributed by atoms with van der Waals surface area (Å²) in [6.07, 6.45) is 3.34. The Kier molecular flexibility index (Phi) is 4.36. The molecule has 3 rings (SSSR count). The van der Waals surface area contributed by atoms with Crippen LogP contribution >= 0.6 is 11.8 Å². The zero-order valence-corrected chi connectivity index (χ0v) is 13.8. The van der Waals surface area contributed by atoms with Crippen molar-refractivity contribution in [1.82, 2.24) is 15.1 Å². The first-order valence-electron chi connectivity index (χ1n) is 7.62. The van der Waals surface area contributed by atoms with Gasteiger partial charge in [-0.3, -0.25) is 4.68 Å². The molecule has 112 valence electrons. The maximum atomic E-state index is 4.59. The van der Waals surface area contributed by atoms with Gasteiger partial charge in [0.25, 0.3) is 0 Å². The number of thioether (sulfide) groups is 1. The maximum Gasteiger partial charge on any atom is 0.0694 e. The van der Waals surface area contributed by atoms with Gasteiger partial charge in [-0.05, 0) is 29.7 Å². The number of aryl methyl sites for hydroxylation is 1. The number of aromatic nitrogens is 2. The molecule has 1 N–H and O–H groups in total. The molecule has 0 saturated carbocycles. The maximum absolute atomic E-state index is 4.59. The van der Waals surface area contributed by atoms with Gasteiger partial charge in [-0.1, -0.05) is 32.0 Å². The Labute approximate surface area is 131 Å². The number of hydrogen-bond acceptors (Lipinski definition) is 3. The molecule has 3 nitrogen and oxygen atoms in total. The van der Waals surface area contributed by atoms with Gasteiger partial charge in [-0.2, -0.15) is 5.10 Å². The lowest BCUT2D eigenvalue weighted by Gasteiger charge is -2.26. The summed E-state index contributed by atoms with van der Waals surface area (Å²) in [4.78, 5) is 1.43. The molecule has 0 saturated heterocycles. The van der Waals surface area contributed by atoms with E-state index in [1.165, 1.54) is 33.9 Å². The number of nitrogens with one attached hydrogen (secondary N) is 1. The second-order valence-corrected chi connectivity index (χ2v) is 7.11. The van der Waals surface area contributed by atoms with Crippen LogP contribution in [0, 0.1) is 0 Å². The average Bonchev–Trinajstić information content (AvgIpc) is 2.86. The summed E-state index contributed by atoms with van der Waals surface area (Å²) >= 11 is 1.97. The Hall–Kier alpha value is -1.26. The summed E-state index contributed by atoms with van der Waals surface area (Å²) in [5.41, 5.74) is 3.98. The number of fused-ring (bicyclic) bond motifs is 1. The predicted octanol–water partition coefficient (Wildman–Crippen LogP) is 3.87. The largest absolute Gasteiger partial charge is 0.306 e. The number of hydrogen-bond donors (Lipinski definition) is 1. The van der Waals surface area contributed by atoms with Crippen LogP contribution in [0.5, 0.6) is 0 Å². The second kappa shape index (κ2) is 6.24. The monoisotopic (exact) mass is 301 g/mol. The Balaban J connectivity index is 1.74. The van der Waals surface area contributed by atoms with Crippen molar-refractivity contribution in [2.45, 2.75) is 43.7 Å². The molecule has 0 aliphatic carbocycles. The molecule has 0 bridgehead atoms. The van der Waals surface area contributed by atoms with Gasteiger partial charge in [0.2, 0.25) is 0 Å². The molecular formula is C17H23N3S. The standard InChI is InChI=1S/C17H23N3S/c1-12(2)17-13(11-20(3)19-17)10-18-15-8-9-21-16-7-5-4-6-14(15)16/h4-7,11-12,15,18H,8-10H2,1-3H3/t15-/m0/s1. The summed E-state index contributed by atoms with van der Waals surface area (Å²) < 4.78 is 1.93. The third kappa shape index (κ3) is 3.16. The van der Waals surface area contributed by atoms with Crippen LogP contribution < -0.4 is 5.32 Å². The molecule has 2 aromatic rings. The predicted molar refractivity (Wildman–Crippen MR) is 88.7 cm³/mol. The lowest BCUT2D eigenvalue weighted by molar-refractivity contribution is 0.507. The first kappa shape index (κ1) is 14.7. The van der Waals surface area contributed by atoms with E-state index >= 15 is 0 Å². The molecule has 1 aromatic heterocycles. The minimum Gasteiger partial charge on any atom is -0.306 e. The summed E-state index contributed by atoms with van der Waals surface area (Å²) in [6, 6.07) is 9.22. The van der Waals surface area contributed by atoms with Gasteiger partial charge in [0.05, 0.1) is 5.69 Å². The fourth-order valence-corrected chi connectivity index (χ4v) is 4.09. The van der Waals surface area contributed by atoms with Crippen molar-refractivity contribution in [3.63, 3.8) is 0 Å². The van der Waals surface area contributed by atoms with Crippen molar-refractivity contribution in [1.29, 1.82) is 0 Å². The molecule has 4 heteroatoms. The highest BCUT2D eigenvalue weighted by Crippen LogP contribution is 2.36. The highest BCUT2D eigenvalue weighted by atomic mass is 32.2. The summed E-state index contributed by atoms with van der Waals surface area (Å²) in [7, 11) is 2.00. The average molecular weight is 301 g/mol. The van der Waals surface area contributed by atoms with Gasteiger partial charge in [-0.25, -0.2) is 0 Å². The first-order valence-corrected chi connectivity index (χ1v) is 8.61. The zero-order valence-electron chi connectivity index (χ0n) is 13.0. The Bertz CT molecular complexity index is 618. The molecule has 0 unspecified atom stereocenters. The SMILES string of the molecule is CC(C)c1nn(C)cc1CN[C@H]1CCSc2ccccc21. The van der Waals surface area contributed by atoms with Crippen LogP contribution in [0.2, 0.25) is 0 Å². The Morgan fingerprint density at radius 2 is 2.19 bits per heavy atom. The van der Waals surface area contributed by atoms with E-state index in [1.54, 1.807) is 0 Å². The molecule has 0 fully saturated rings. The molecule has 21 heavy (non-hydrogen) atoms. The van der Waals surface area contributed by atoms with Gasteiger partial charge in [0.15, 0.2) is 0 Å². The van der Waals surface area contributed by atoms with Gasteiger partial charge in [0, 0.05) is 36.3 Å². The van der Waals surface area contributed by atoms with E-state index in [0.29, 0.717) is 12.0 Å². The van der Waals surface area contributed by atoms with Crippen LogP contribution in [0.3, 0.4) is 0 Å². The van der Waals surface area contributed by atoms with E-state index in [0.717, 1.165) is 6.54 Å². The van der Waals surface area contributed by atoms with E-state index in [1.807, 2.05) is 23.5 Å². The van der Waals surface area contributed by atoms with Crippen molar-refractivity contribution in [3.05, 3.63) is 47.3 Å². The molecule has 1 atom stereocenters. The number of benzene rings is 1. The van der Waals surface area contributed by atoms with Crippen molar-refractivity contribution in [3.8, 4) is 0 Å². The molecule has 0 spiro atoms. The van der Waals surface area contributed by atoms with Gasteiger partial charge < -0.3 is 5.32 Å². The summed E-state index contributed by atoms with van der Waals surface area (Å²) in [6.45, 7) is 5.31. The molecule has 2 heterocycles. The van der Waals surface area contributed by atoms with E-state index in [9.17, 15) is 0 Å². The molecule has 1 aliphatic heterocycles. The molecule has 1 aromatic carbocycles. The van der Waals surface area contributed by atoms with Crippen LogP contribution in [-0.2, 0) is 13.6 Å². The van der Waals surface area contributed by atoms with Crippen LogP contribution in [0.4, 0.5) is 0 Å². The van der Waals surface area contributed by atoms with Crippen molar-refractivity contribution < 1.29 is 0 Å². The molecule has 0 radical (unpaired) electrons. The van der Waals surface area contributed by atoms with Crippen LogP contribution in [0.1, 0.15) is 49.0 Å². The Morgan fingerprint density at radius 3 is 3.00 bits per heavy atom. The zero-order chi connectivity index (χ0) is 14.8. The lowest BCUT2D eigenvalue weighted by atomic mass is 10.0. The van der Waals surface area contributed by atoms with E-state index in [4.69, 9.17) is 0 Å². The highest BCUT2D eigenvalue weighted by Gasteiger charge is 2.20. The van der Waals surface area contributed by atoms with Crippen LogP contribution in [0.25, 0.3) is 0 Å². The van der Waals surface area contributed by atoms with Crippen molar-refractivity contribution in [2.75, 3.05) is 5.75 Å². The lowest BCUT2D eigenvalue weighted by Crippen LogP contribution is -2.24. The number of nitrogens with zero attached hydrogens (tertiary/aromatic N) is 2. The normalized spacial score (nSPS) is 18.0. The quantitative estimate of drug-likeness (QED) is 0.929. The van der Waals surface area contributed by atoms with Gasteiger partial charge in [-0.15, -0.1) is 11.8 Å². The summed E-state index contributed by atoms with van der Waals surface area (Å²) in [5.74, 6) is 1.66. The minimum atomic E-state index is 0.461. The molecule has 0 amide bonds. The number of rotatable bonds is 4. The van der Waals surface area contributed by atoms with Crippen LogP contribution in [0.15, 0.2) is 35.4 Å². The van der Waals surface area contributed by atoms with Crippen molar-refractivity contribution >= 4 is 11.8 Å². The first-order chi connectivity index (χ1) is 10.1. The van der Waals surface area contributed by atoms with Crippen molar-refractivity contribution in [2.24, 2.45) is 7.05 Å². The van der Waals surface area contributed by atoms with Crippen LogP contribution in [-0.4, -0.2) is 15.5 Å². The van der Waals surface area contributed by atoms with E-state index in [2.05, 4.69) is 54.7 Å². The third-order valence-electron chi connectivity index (χ3n) is 3.98. The molecular weight excluding hydrogens is 278 g/mol. The highest BCUT2D eigenvalue weighted by molar-refractivity contribution is 7.99. The minimum absolute atomic E-state index is 0.461. The smallest absolute Gasteiger partial charge is 0.0694 e. The topological polar surface area (TPSA) is 29.9 Å². The van der Waals surface area contributed by atoms with Gasteiger partial charge >= 0.3 is 0 Å². The third-order valence-corrected chi connectivity index (χ3v) is 5.10. The second-order valence-electron chi connectivity index (χ2n) is 5.98. The summed E-state index contributed by atoms with van der Waals surface area (Å²) in [5, 5.41) is 8.33. The molecule has 1 aliphatic rings. The fourth-order valence-electron chi connectivity index (χ4n) is 2.96. The Morgan fingerprint density at radius 1 is 1.38 bits per heavy atom. The fraction of sp³-hybridized carbons (Fsp3) is 0.471. The van der Waals surface area contributed by atoms with E-state index in [-0.39, 0.29) is 0 Å². The van der Waals surface area contributed by atoms with E-state index < -0.39 is 0 Å².